The number of aromatic nitrogens is 5. The fraction of sp³-hybridized carbons (Fsp3) is 0.276. The summed E-state index contributed by atoms with van der Waals surface area (Å²) >= 11 is 0. The van der Waals surface area contributed by atoms with Crippen molar-refractivity contribution in [1.82, 2.24) is 24.3 Å². The van der Waals surface area contributed by atoms with E-state index in [1.807, 2.05) is 29.8 Å². The van der Waals surface area contributed by atoms with E-state index in [9.17, 15) is 13.2 Å². The van der Waals surface area contributed by atoms with E-state index in [1.165, 1.54) is 5.56 Å². The molecule has 0 spiro atoms. The molecule has 0 amide bonds. The number of imidazole rings is 1. The van der Waals surface area contributed by atoms with Crippen LogP contribution in [0.4, 0.5) is 19.0 Å². The van der Waals surface area contributed by atoms with Crippen molar-refractivity contribution in [2.75, 3.05) is 5.32 Å². The molecular weight excluding hydrogens is 489 g/mol. The standard InChI is InChI=1S/C29H29F3N6/c1-18-14-24(29(30,31)32)38(36-18)20-12-10-19(11-13-20)16-33-25-15-23-27(34-17-37(23)5)26(35-25)21-8-6-7-9-22(21)28(2,3)4/h6-15,17H,16H2,1-5H3,(H,33,35). The summed E-state index contributed by atoms with van der Waals surface area (Å²) in [5.41, 5.74) is 5.48. The Bertz CT molecular complexity index is 1600. The Morgan fingerprint density at radius 1 is 0.947 bits per heavy atom. The van der Waals surface area contributed by atoms with E-state index in [0.29, 0.717) is 23.7 Å². The highest BCUT2D eigenvalue weighted by atomic mass is 19.4. The zero-order chi connectivity index (χ0) is 27.2. The van der Waals surface area contributed by atoms with Gasteiger partial charge in [0.1, 0.15) is 22.7 Å². The average molecular weight is 519 g/mol. The number of nitrogens with one attached hydrogen (secondary N) is 1. The highest BCUT2D eigenvalue weighted by molar-refractivity contribution is 5.92. The van der Waals surface area contributed by atoms with Crippen LogP contribution in [-0.4, -0.2) is 24.3 Å². The minimum absolute atomic E-state index is 0.0797. The van der Waals surface area contributed by atoms with Gasteiger partial charge in [0, 0.05) is 25.2 Å². The highest BCUT2D eigenvalue weighted by Gasteiger charge is 2.35. The number of pyridine rings is 1. The molecule has 0 aliphatic rings. The summed E-state index contributed by atoms with van der Waals surface area (Å²) in [7, 11) is 1.95. The smallest absolute Gasteiger partial charge is 0.366 e. The van der Waals surface area contributed by atoms with Gasteiger partial charge in [0.2, 0.25) is 0 Å². The number of aryl methyl sites for hydroxylation is 2. The molecular formula is C29H29F3N6. The van der Waals surface area contributed by atoms with Gasteiger partial charge in [-0.3, -0.25) is 0 Å². The summed E-state index contributed by atoms with van der Waals surface area (Å²) in [6.45, 7) is 8.52. The molecule has 0 aliphatic heterocycles. The molecule has 9 heteroatoms. The van der Waals surface area contributed by atoms with Crippen LogP contribution in [0, 0.1) is 6.92 Å². The fourth-order valence-electron chi connectivity index (χ4n) is 4.60. The van der Waals surface area contributed by atoms with E-state index in [2.05, 4.69) is 48.3 Å². The summed E-state index contributed by atoms with van der Waals surface area (Å²) in [5, 5.41) is 7.41. The number of benzene rings is 2. The predicted octanol–water partition coefficient (Wildman–Crippen LogP) is 7.06. The molecule has 3 aromatic heterocycles. The Balaban J connectivity index is 1.45. The van der Waals surface area contributed by atoms with Crippen LogP contribution in [0.3, 0.4) is 0 Å². The maximum absolute atomic E-state index is 13.4. The lowest BCUT2D eigenvalue weighted by Crippen LogP contribution is -2.13. The molecule has 6 nitrogen and oxygen atoms in total. The summed E-state index contributed by atoms with van der Waals surface area (Å²) in [5.74, 6) is 0.686. The van der Waals surface area contributed by atoms with Gasteiger partial charge in [-0.15, -0.1) is 0 Å². The van der Waals surface area contributed by atoms with E-state index in [4.69, 9.17) is 4.98 Å². The van der Waals surface area contributed by atoms with Crippen molar-refractivity contribution in [3.8, 4) is 16.9 Å². The maximum Gasteiger partial charge on any atom is 0.433 e. The Morgan fingerprint density at radius 2 is 1.66 bits per heavy atom. The number of fused-ring (bicyclic) bond motifs is 1. The van der Waals surface area contributed by atoms with Crippen molar-refractivity contribution in [2.45, 2.75) is 45.8 Å². The van der Waals surface area contributed by atoms with Crippen molar-refractivity contribution in [3.05, 3.63) is 89.5 Å². The van der Waals surface area contributed by atoms with Crippen molar-refractivity contribution in [3.63, 3.8) is 0 Å². The minimum atomic E-state index is -4.49. The van der Waals surface area contributed by atoms with Crippen LogP contribution < -0.4 is 5.32 Å². The van der Waals surface area contributed by atoms with Gasteiger partial charge in [-0.2, -0.15) is 18.3 Å². The van der Waals surface area contributed by atoms with Gasteiger partial charge in [0.05, 0.1) is 23.2 Å². The monoisotopic (exact) mass is 518 g/mol. The SMILES string of the molecule is Cc1cc(C(F)(F)F)n(-c2ccc(CNc3cc4c(ncn4C)c(-c4ccccc4C(C)(C)C)n3)cc2)n1. The fourth-order valence-corrected chi connectivity index (χ4v) is 4.60. The number of nitrogens with zero attached hydrogens (tertiary/aromatic N) is 5. The van der Waals surface area contributed by atoms with Gasteiger partial charge >= 0.3 is 6.18 Å². The number of halogens is 3. The Hall–Kier alpha value is -4.14. The second-order valence-corrected chi connectivity index (χ2v) is 10.5. The van der Waals surface area contributed by atoms with E-state index < -0.39 is 11.9 Å². The quantitative estimate of drug-likeness (QED) is 0.271. The molecule has 0 fully saturated rings. The maximum atomic E-state index is 13.4. The van der Waals surface area contributed by atoms with E-state index in [-0.39, 0.29) is 5.41 Å². The number of hydrogen-bond donors (Lipinski definition) is 1. The normalized spacial score (nSPS) is 12.3. The molecule has 5 rings (SSSR count). The Labute approximate surface area is 219 Å². The molecule has 5 aromatic rings. The molecule has 38 heavy (non-hydrogen) atoms. The number of alkyl halides is 3. The summed E-state index contributed by atoms with van der Waals surface area (Å²) in [6.07, 6.45) is -2.70. The molecule has 3 heterocycles. The van der Waals surface area contributed by atoms with Crippen LogP contribution in [0.15, 0.2) is 67.0 Å². The first-order valence-electron chi connectivity index (χ1n) is 12.3. The minimum Gasteiger partial charge on any atom is -0.366 e. The molecule has 0 saturated heterocycles. The van der Waals surface area contributed by atoms with Gasteiger partial charge in [0.25, 0.3) is 0 Å². The van der Waals surface area contributed by atoms with Crippen LogP contribution in [0.2, 0.25) is 0 Å². The number of rotatable bonds is 5. The molecule has 2 aromatic carbocycles. The highest BCUT2D eigenvalue weighted by Crippen LogP contribution is 2.36. The molecule has 0 atom stereocenters. The Morgan fingerprint density at radius 3 is 2.34 bits per heavy atom. The van der Waals surface area contributed by atoms with Crippen molar-refractivity contribution >= 4 is 16.9 Å². The third-order valence-electron chi connectivity index (χ3n) is 6.48. The molecule has 0 radical (unpaired) electrons. The number of anilines is 1. The van der Waals surface area contributed by atoms with Crippen molar-refractivity contribution in [2.24, 2.45) is 7.05 Å². The summed E-state index contributed by atoms with van der Waals surface area (Å²) in [6, 6.07) is 18.1. The molecule has 0 bridgehead atoms. The van der Waals surface area contributed by atoms with Crippen molar-refractivity contribution in [1.29, 1.82) is 0 Å². The molecule has 196 valence electrons. The third-order valence-corrected chi connectivity index (χ3v) is 6.48. The van der Waals surface area contributed by atoms with Gasteiger partial charge in [-0.05, 0) is 41.7 Å². The van der Waals surface area contributed by atoms with Crippen molar-refractivity contribution < 1.29 is 13.2 Å². The van der Waals surface area contributed by atoms with E-state index in [0.717, 1.165) is 38.6 Å². The zero-order valence-corrected chi connectivity index (χ0v) is 21.9. The van der Waals surface area contributed by atoms with Crippen LogP contribution >= 0.6 is 0 Å². The zero-order valence-electron chi connectivity index (χ0n) is 21.9. The van der Waals surface area contributed by atoms with Crippen LogP contribution in [0.1, 0.15) is 43.3 Å². The predicted molar refractivity (Wildman–Crippen MR) is 143 cm³/mol. The summed E-state index contributed by atoms with van der Waals surface area (Å²) in [4.78, 5) is 9.58. The summed E-state index contributed by atoms with van der Waals surface area (Å²) < 4.78 is 43.1. The average Bonchev–Trinajstić information content (AvgIpc) is 3.45. The third kappa shape index (κ3) is 4.88. The first kappa shape index (κ1) is 25.5. The topological polar surface area (TPSA) is 60.6 Å². The van der Waals surface area contributed by atoms with Crippen LogP contribution in [-0.2, 0) is 25.2 Å². The second kappa shape index (κ2) is 9.31. The molecule has 0 unspecified atom stereocenters. The largest absolute Gasteiger partial charge is 0.433 e. The van der Waals surface area contributed by atoms with Crippen LogP contribution in [0.25, 0.3) is 28.0 Å². The molecule has 1 N–H and O–H groups in total. The first-order chi connectivity index (χ1) is 17.9. The second-order valence-electron chi connectivity index (χ2n) is 10.5. The number of hydrogen-bond acceptors (Lipinski definition) is 4. The van der Waals surface area contributed by atoms with Gasteiger partial charge < -0.3 is 9.88 Å². The first-order valence-corrected chi connectivity index (χ1v) is 12.3. The lowest BCUT2D eigenvalue weighted by molar-refractivity contribution is -0.142. The van der Waals surface area contributed by atoms with Gasteiger partial charge in [-0.1, -0.05) is 57.2 Å². The lowest BCUT2D eigenvalue weighted by atomic mass is 9.82. The Kier molecular flexibility index (Phi) is 6.25. The molecule has 0 saturated carbocycles. The van der Waals surface area contributed by atoms with Crippen LogP contribution in [0.5, 0.6) is 0 Å². The lowest BCUT2D eigenvalue weighted by Gasteiger charge is -2.23. The van der Waals surface area contributed by atoms with E-state index in [1.54, 1.807) is 37.5 Å². The van der Waals surface area contributed by atoms with Gasteiger partial charge in [-0.25, -0.2) is 14.6 Å². The van der Waals surface area contributed by atoms with Gasteiger partial charge in [0.15, 0.2) is 0 Å². The van der Waals surface area contributed by atoms with E-state index >= 15 is 0 Å². The molecule has 0 aliphatic carbocycles.